The van der Waals surface area contributed by atoms with E-state index in [1.54, 1.807) is 0 Å². The highest BCUT2D eigenvalue weighted by Crippen LogP contribution is 2.13. The fourth-order valence-corrected chi connectivity index (χ4v) is 0.940. The van der Waals surface area contributed by atoms with Crippen molar-refractivity contribution in [3.63, 3.8) is 0 Å². The van der Waals surface area contributed by atoms with E-state index < -0.39 is 0 Å². The molecule has 0 rings (SSSR count). The quantitative estimate of drug-likeness (QED) is 0.507. The molecule has 0 heterocycles. The summed E-state index contributed by atoms with van der Waals surface area (Å²) in [5, 5.41) is 0. The summed E-state index contributed by atoms with van der Waals surface area (Å²) in [4.78, 5) is 0. The van der Waals surface area contributed by atoms with Crippen LogP contribution >= 0.6 is 0 Å². The maximum atomic E-state index is 3.74. The van der Waals surface area contributed by atoms with Crippen LogP contribution in [0.4, 0.5) is 0 Å². The Kier molecular flexibility index (Phi) is 4.12. The minimum absolute atomic E-state index is 0.556. The van der Waals surface area contributed by atoms with E-state index in [1.165, 1.54) is 5.57 Å². The van der Waals surface area contributed by atoms with Crippen LogP contribution in [0.25, 0.3) is 0 Å². The lowest BCUT2D eigenvalue weighted by atomic mass is 9.99. The maximum Gasteiger partial charge on any atom is -0.00546 e. The first kappa shape index (κ1) is 8.48. The minimum atomic E-state index is 0.556. The third kappa shape index (κ3) is 2.50. The SMILES string of the molecule is C=CC(C)/C(=C/C)CC. The van der Waals surface area contributed by atoms with Crippen molar-refractivity contribution in [3.05, 3.63) is 24.3 Å². The zero-order valence-corrected chi connectivity index (χ0v) is 6.65. The first-order valence-electron chi connectivity index (χ1n) is 3.53. The second-order valence-corrected chi connectivity index (χ2v) is 2.24. The van der Waals surface area contributed by atoms with Gasteiger partial charge in [-0.25, -0.2) is 0 Å². The van der Waals surface area contributed by atoms with Crippen molar-refractivity contribution in [3.8, 4) is 0 Å². The van der Waals surface area contributed by atoms with Crippen LogP contribution in [0.3, 0.4) is 0 Å². The predicted octanol–water partition coefficient (Wildman–Crippen LogP) is 3.16. The molecule has 0 radical (unpaired) electrons. The van der Waals surface area contributed by atoms with Crippen molar-refractivity contribution in [2.75, 3.05) is 0 Å². The first-order chi connectivity index (χ1) is 4.26. The molecular weight excluding hydrogens is 108 g/mol. The maximum absolute atomic E-state index is 3.74. The van der Waals surface area contributed by atoms with E-state index in [1.807, 2.05) is 6.08 Å². The van der Waals surface area contributed by atoms with Crippen molar-refractivity contribution >= 4 is 0 Å². The second-order valence-electron chi connectivity index (χ2n) is 2.24. The van der Waals surface area contributed by atoms with E-state index in [0.717, 1.165) is 6.42 Å². The Morgan fingerprint density at radius 3 is 2.33 bits per heavy atom. The van der Waals surface area contributed by atoms with Gasteiger partial charge in [0.25, 0.3) is 0 Å². The molecule has 0 saturated carbocycles. The molecule has 0 aliphatic rings. The Bertz CT molecular complexity index is 109. The van der Waals surface area contributed by atoms with Crippen LogP contribution in [0.2, 0.25) is 0 Å². The van der Waals surface area contributed by atoms with Crippen LogP contribution in [0.15, 0.2) is 24.3 Å². The molecule has 0 aliphatic carbocycles. The van der Waals surface area contributed by atoms with Crippen LogP contribution in [0.5, 0.6) is 0 Å². The van der Waals surface area contributed by atoms with Crippen molar-refractivity contribution in [2.24, 2.45) is 5.92 Å². The van der Waals surface area contributed by atoms with Crippen molar-refractivity contribution in [2.45, 2.75) is 27.2 Å². The minimum Gasteiger partial charge on any atom is -0.102 e. The Hall–Kier alpha value is -0.520. The Labute approximate surface area is 58.3 Å². The molecule has 9 heavy (non-hydrogen) atoms. The molecule has 1 atom stereocenters. The van der Waals surface area contributed by atoms with Crippen LogP contribution < -0.4 is 0 Å². The van der Waals surface area contributed by atoms with Gasteiger partial charge in [0.1, 0.15) is 0 Å². The average molecular weight is 124 g/mol. The first-order valence-corrected chi connectivity index (χ1v) is 3.53. The van der Waals surface area contributed by atoms with Gasteiger partial charge in [-0.3, -0.25) is 0 Å². The van der Waals surface area contributed by atoms with Gasteiger partial charge in [-0.05, 0) is 19.3 Å². The molecule has 0 aromatic carbocycles. The van der Waals surface area contributed by atoms with E-state index >= 15 is 0 Å². The summed E-state index contributed by atoms with van der Waals surface area (Å²) in [5.41, 5.74) is 1.48. The van der Waals surface area contributed by atoms with Gasteiger partial charge < -0.3 is 0 Å². The lowest BCUT2D eigenvalue weighted by Crippen LogP contribution is -1.92. The third-order valence-corrected chi connectivity index (χ3v) is 1.72. The zero-order valence-electron chi connectivity index (χ0n) is 6.65. The summed E-state index contributed by atoms with van der Waals surface area (Å²) in [7, 11) is 0. The lowest BCUT2D eigenvalue weighted by molar-refractivity contribution is 0.808. The molecule has 0 aliphatic heterocycles. The molecule has 1 unspecified atom stereocenters. The molecule has 0 amide bonds. The molecule has 0 spiro atoms. The van der Waals surface area contributed by atoms with Crippen molar-refractivity contribution in [1.82, 2.24) is 0 Å². The second kappa shape index (κ2) is 4.37. The Morgan fingerprint density at radius 2 is 2.22 bits per heavy atom. The summed E-state index contributed by atoms with van der Waals surface area (Å²) < 4.78 is 0. The van der Waals surface area contributed by atoms with Crippen LogP contribution in [-0.4, -0.2) is 0 Å². The molecule has 52 valence electrons. The van der Waals surface area contributed by atoms with E-state index in [9.17, 15) is 0 Å². The zero-order chi connectivity index (χ0) is 7.28. The van der Waals surface area contributed by atoms with E-state index in [0.29, 0.717) is 5.92 Å². The Morgan fingerprint density at radius 1 is 1.67 bits per heavy atom. The number of rotatable bonds is 3. The fourth-order valence-electron chi connectivity index (χ4n) is 0.940. The highest BCUT2D eigenvalue weighted by Gasteiger charge is 1.98. The van der Waals surface area contributed by atoms with Crippen molar-refractivity contribution < 1.29 is 0 Å². The van der Waals surface area contributed by atoms with Crippen LogP contribution in [-0.2, 0) is 0 Å². The molecule has 0 nitrogen and oxygen atoms in total. The highest BCUT2D eigenvalue weighted by molar-refractivity contribution is 5.08. The monoisotopic (exact) mass is 124 g/mol. The topological polar surface area (TPSA) is 0 Å². The van der Waals surface area contributed by atoms with Crippen molar-refractivity contribution in [1.29, 1.82) is 0 Å². The summed E-state index contributed by atoms with van der Waals surface area (Å²) in [5.74, 6) is 0.556. The standard InChI is InChI=1S/C9H16/c1-5-8(4)9(6-2)7-3/h5-6,8H,1,7H2,2-4H3/b9-6+. The predicted molar refractivity (Wildman–Crippen MR) is 43.4 cm³/mol. The van der Waals surface area contributed by atoms with Gasteiger partial charge in [-0.2, -0.15) is 0 Å². The molecule has 0 N–H and O–H groups in total. The summed E-state index contributed by atoms with van der Waals surface area (Å²) in [6, 6.07) is 0. The third-order valence-electron chi connectivity index (χ3n) is 1.72. The largest absolute Gasteiger partial charge is 0.102 e. The summed E-state index contributed by atoms with van der Waals surface area (Å²) in [6.07, 6.45) is 5.30. The molecule has 0 bridgehead atoms. The van der Waals surface area contributed by atoms with E-state index in [2.05, 4.69) is 33.4 Å². The Balaban J connectivity index is 3.95. The van der Waals surface area contributed by atoms with Gasteiger partial charge >= 0.3 is 0 Å². The number of allylic oxidation sites excluding steroid dienone is 3. The number of hydrogen-bond donors (Lipinski definition) is 0. The lowest BCUT2D eigenvalue weighted by Gasteiger charge is -2.07. The molecule has 0 fully saturated rings. The highest BCUT2D eigenvalue weighted by atomic mass is 14.0. The average Bonchev–Trinajstić information content (AvgIpc) is 1.90. The van der Waals surface area contributed by atoms with Gasteiger partial charge in [0.05, 0.1) is 0 Å². The van der Waals surface area contributed by atoms with Gasteiger partial charge in [0.2, 0.25) is 0 Å². The molecular formula is C9H16. The molecule has 0 aromatic rings. The van der Waals surface area contributed by atoms with Gasteiger partial charge in [0, 0.05) is 0 Å². The molecule has 0 aromatic heterocycles. The normalized spacial score (nSPS) is 15.2. The number of hydrogen-bond acceptors (Lipinski definition) is 0. The summed E-state index contributed by atoms with van der Waals surface area (Å²) >= 11 is 0. The smallest absolute Gasteiger partial charge is 0.00546 e. The molecule has 0 saturated heterocycles. The van der Waals surface area contributed by atoms with Crippen LogP contribution in [0, 0.1) is 5.92 Å². The summed E-state index contributed by atoms with van der Waals surface area (Å²) in [6.45, 7) is 10.2. The van der Waals surface area contributed by atoms with Crippen LogP contribution in [0.1, 0.15) is 27.2 Å². The van der Waals surface area contributed by atoms with Gasteiger partial charge in [0.15, 0.2) is 0 Å². The van der Waals surface area contributed by atoms with Gasteiger partial charge in [-0.15, -0.1) is 6.58 Å². The van der Waals surface area contributed by atoms with Gasteiger partial charge in [-0.1, -0.05) is 31.6 Å². The van der Waals surface area contributed by atoms with E-state index in [4.69, 9.17) is 0 Å². The van der Waals surface area contributed by atoms with E-state index in [-0.39, 0.29) is 0 Å². The molecule has 0 heteroatoms. The fraction of sp³-hybridized carbons (Fsp3) is 0.556.